The molecule has 0 saturated carbocycles. The van der Waals surface area contributed by atoms with Crippen LogP contribution < -0.4 is 0 Å². The molecule has 7 heteroatoms. The third kappa shape index (κ3) is 2.84. The van der Waals surface area contributed by atoms with E-state index in [9.17, 15) is 4.79 Å². The Morgan fingerprint density at radius 2 is 2.05 bits per heavy atom. The van der Waals surface area contributed by atoms with Crippen molar-refractivity contribution < 1.29 is 4.79 Å². The quantitative estimate of drug-likeness (QED) is 0.839. The zero-order chi connectivity index (χ0) is 15.7. The zero-order valence-electron chi connectivity index (χ0n) is 13.2. The van der Waals surface area contributed by atoms with Gasteiger partial charge in [0.05, 0.1) is 6.04 Å². The van der Waals surface area contributed by atoms with E-state index in [4.69, 9.17) is 0 Å². The first kappa shape index (κ1) is 14.6. The molecule has 1 aliphatic rings. The van der Waals surface area contributed by atoms with Crippen LogP contribution in [-0.2, 0) is 0 Å². The van der Waals surface area contributed by atoms with Crippen LogP contribution in [0.4, 0.5) is 0 Å². The Bertz CT molecular complexity index is 695. The maximum absolute atomic E-state index is 12.6. The van der Waals surface area contributed by atoms with Crippen molar-refractivity contribution in [3.05, 3.63) is 35.4 Å². The predicted molar refractivity (Wildman–Crippen MR) is 80.4 cm³/mol. The molecule has 2 aromatic heterocycles. The molecule has 1 saturated heterocycles. The summed E-state index contributed by atoms with van der Waals surface area (Å²) in [5.41, 5.74) is 0.458. The molecule has 1 unspecified atom stereocenters. The second-order valence-electron chi connectivity index (χ2n) is 5.69. The Kier molecular flexibility index (Phi) is 3.87. The van der Waals surface area contributed by atoms with Crippen molar-refractivity contribution in [2.45, 2.75) is 39.7 Å². The van der Waals surface area contributed by atoms with Crippen LogP contribution in [0.5, 0.6) is 0 Å². The van der Waals surface area contributed by atoms with E-state index >= 15 is 0 Å². The second kappa shape index (κ2) is 5.82. The molecule has 2 aromatic rings. The van der Waals surface area contributed by atoms with Crippen LogP contribution in [0.2, 0.25) is 0 Å². The monoisotopic (exact) mass is 300 g/mol. The van der Waals surface area contributed by atoms with Crippen molar-refractivity contribution in [3.8, 4) is 0 Å². The van der Waals surface area contributed by atoms with Crippen molar-refractivity contribution in [1.29, 1.82) is 0 Å². The Morgan fingerprint density at radius 3 is 2.73 bits per heavy atom. The van der Waals surface area contributed by atoms with E-state index in [0.29, 0.717) is 18.1 Å². The number of carbonyl (C=O) groups excluding carboxylic acids is 1. The number of aromatic nitrogens is 5. The summed E-state index contributed by atoms with van der Waals surface area (Å²) < 4.78 is 1.94. The standard InChI is InChI=1S/C15H20N6O/c1-10-16-7-6-14(18-10)15(22)20-8-4-5-13(9-20)21-12(3)17-11(2)19-21/h6-7,13H,4-5,8-9H2,1-3H3. The molecule has 1 fully saturated rings. The van der Waals surface area contributed by atoms with Gasteiger partial charge in [0, 0.05) is 19.3 Å². The Labute approximate surface area is 129 Å². The number of carbonyl (C=O) groups is 1. The van der Waals surface area contributed by atoms with E-state index in [2.05, 4.69) is 20.1 Å². The van der Waals surface area contributed by atoms with Crippen LogP contribution in [0.15, 0.2) is 12.3 Å². The van der Waals surface area contributed by atoms with Crippen LogP contribution in [0.1, 0.15) is 46.8 Å². The zero-order valence-corrected chi connectivity index (χ0v) is 13.2. The average molecular weight is 300 g/mol. The number of nitrogens with zero attached hydrogens (tertiary/aromatic N) is 6. The first-order chi connectivity index (χ1) is 10.5. The normalized spacial score (nSPS) is 18.5. The van der Waals surface area contributed by atoms with Crippen LogP contribution in [-0.4, -0.2) is 48.6 Å². The van der Waals surface area contributed by atoms with E-state index < -0.39 is 0 Å². The molecule has 0 bridgehead atoms. The van der Waals surface area contributed by atoms with Gasteiger partial charge >= 0.3 is 0 Å². The lowest BCUT2D eigenvalue weighted by molar-refractivity contribution is 0.0665. The maximum Gasteiger partial charge on any atom is 0.272 e. The number of hydrogen-bond acceptors (Lipinski definition) is 5. The third-order valence-corrected chi connectivity index (χ3v) is 3.93. The first-order valence-corrected chi connectivity index (χ1v) is 7.53. The van der Waals surface area contributed by atoms with Gasteiger partial charge < -0.3 is 4.90 Å². The van der Waals surface area contributed by atoms with Crippen molar-refractivity contribution in [2.75, 3.05) is 13.1 Å². The highest BCUT2D eigenvalue weighted by Crippen LogP contribution is 2.23. The molecule has 116 valence electrons. The molecule has 3 rings (SSSR count). The molecule has 7 nitrogen and oxygen atoms in total. The molecule has 0 aromatic carbocycles. The fourth-order valence-electron chi connectivity index (χ4n) is 2.96. The predicted octanol–water partition coefficient (Wildman–Crippen LogP) is 1.47. The number of likely N-dealkylation sites (tertiary alicyclic amines) is 1. The number of aryl methyl sites for hydroxylation is 3. The fraction of sp³-hybridized carbons (Fsp3) is 0.533. The van der Waals surface area contributed by atoms with E-state index in [1.54, 1.807) is 19.2 Å². The second-order valence-corrected chi connectivity index (χ2v) is 5.69. The summed E-state index contributed by atoms with van der Waals surface area (Å²) in [4.78, 5) is 27.1. The summed E-state index contributed by atoms with van der Waals surface area (Å²) in [6.45, 7) is 7.03. The van der Waals surface area contributed by atoms with Gasteiger partial charge in [-0.2, -0.15) is 5.10 Å². The summed E-state index contributed by atoms with van der Waals surface area (Å²) in [5, 5.41) is 4.46. The topological polar surface area (TPSA) is 76.8 Å². The lowest BCUT2D eigenvalue weighted by atomic mass is 10.1. The maximum atomic E-state index is 12.6. The lowest BCUT2D eigenvalue weighted by Crippen LogP contribution is -2.41. The molecule has 1 amide bonds. The van der Waals surface area contributed by atoms with Crippen LogP contribution in [0.25, 0.3) is 0 Å². The average Bonchev–Trinajstić information content (AvgIpc) is 2.85. The third-order valence-electron chi connectivity index (χ3n) is 3.93. The van der Waals surface area contributed by atoms with Gasteiger partial charge in [-0.1, -0.05) is 0 Å². The van der Waals surface area contributed by atoms with Gasteiger partial charge in [-0.15, -0.1) is 0 Å². The highest BCUT2D eigenvalue weighted by atomic mass is 16.2. The van der Waals surface area contributed by atoms with Gasteiger partial charge in [-0.05, 0) is 39.7 Å². The molecule has 3 heterocycles. The number of rotatable bonds is 2. The van der Waals surface area contributed by atoms with E-state index in [1.165, 1.54) is 0 Å². The molecule has 22 heavy (non-hydrogen) atoms. The van der Waals surface area contributed by atoms with Crippen molar-refractivity contribution in [3.63, 3.8) is 0 Å². The van der Waals surface area contributed by atoms with Crippen LogP contribution in [0.3, 0.4) is 0 Å². The van der Waals surface area contributed by atoms with Crippen molar-refractivity contribution in [2.24, 2.45) is 0 Å². The van der Waals surface area contributed by atoms with Gasteiger partial charge in [-0.3, -0.25) is 4.79 Å². The molecule has 0 spiro atoms. The van der Waals surface area contributed by atoms with Crippen LogP contribution >= 0.6 is 0 Å². The summed E-state index contributed by atoms with van der Waals surface area (Å²) in [6.07, 6.45) is 3.59. The molecule has 1 atom stereocenters. The van der Waals surface area contributed by atoms with Gasteiger partial charge in [-0.25, -0.2) is 19.6 Å². The van der Waals surface area contributed by atoms with Crippen molar-refractivity contribution in [1.82, 2.24) is 29.6 Å². The minimum Gasteiger partial charge on any atom is -0.335 e. The number of hydrogen-bond donors (Lipinski definition) is 0. The minimum atomic E-state index is -0.0373. The Hall–Kier alpha value is -2.31. The molecule has 0 aliphatic carbocycles. The number of amides is 1. The smallest absolute Gasteiger partial charge is 0.272 e. The molecule has 0 radical (unpaired) electrons. The lowest BCUT2D eigenvalue weighted by Gasteiger charge is -2.32. The summed E-state index contributed by atoms with van der Waals surface area (Å²) in [7, 11) is 0. The molecule has 0 N–H and O–H groups in total. The highest BCUT2D eigenvalue weighted by Gasteiger charge is 2.27. The molecular formula is C15H20N6O. The summed E-state index contributed by atoms with van der Waals surface area (Å²) >= 11 is 0. The summed E-state index contributed by atoms with van der Waals surface area (Å²) in [6, 6.07) is 1.85. The van der Waals surface area contributed by atoms with E-state index in [0.717, 1.165) is 31.0 Å². The van der Waals surface area contributed by atoms with Crippen LogP contribution in [0, 0.1) is 20.8 Å². The highest BCUT2D eigenvalue weighted by molar-refractivity contribution is 5.92. The van der Waals surface area contributed by atoms with Gasteiger partial charge in [0.15, 0.2) is 0 Å². The summed E-state index contributed by atoms with van der Waals surface area (Å²) in [5.74, 6) is 2.24. The molecular weight excluding hydrogens is 280 g/mol. The van der Waals surface area contributed by atoms with E-state index in [1.807, 2.05) is 23.4 Å². The molecule has 1 aliphatic heterocycles. The SMILES string of the molecule is Cc1nccc(C(=O)N2CCCC(n3nc(C)nc3C)C2)n1. The van der Waals surface area contributed by atoms with Gasteiger partial charge in [0.25, 0.3) is 5.91 Å². The van der Waals surface area contributed by atoms with Gasteiger partial charge in [0.2, 0.25) is 0 Å². The first-order valence-electron chi connectivity index (χ1n) is 7.53. The van der Waals surface area contributed by atoms with Gasteiger partial charge in [0.1, 0.15) is 23.2 Å². The number of piperidine rings is 1. The Morgan fingerprint density at radius 1 is 1.23 bits per heavy atom. The largest absolute Gasteiger partial charge is 0.335 e. The van der Waals surface area contributed by atoms with E-state index in [-0.39, 0.29) is 11.9 Å². The Balaban J connectivity index is 1.78. The minimum absolute atomic E-state index is 0.0373. The fourth-order valence-corrected chi connectivity index (χ4v) is 2.96. The van der Waals surface area contributed by atoms with Crippen molar-refractivity contribution >= 4 is 5.91 Å².